The normalized spacial score (nSPS) is 32.2. The van der Waals surface area contributed by atoms with Crippen molar-refractivity contribution < 1.29 is 9.59 Å². The molecule has 2 unspecified atom stereocenters. The summed E-state index contributed by atoms with van der Waals surface area (Å²) in [4.78, 5) is 25.9. The van der Waals surface area contributed by atoms with Crippen LogP contribution < -0.4 is 11.1 Å². The van der Waals surface area contributed by atoms with Crippen LogP contribution in [0.4, 0.5) is 0 Å². The van der Waals surface area contributed by atoms with Gasteiger partial charge in [0, 0.05) is 13.1 Å². The third kappa shape index (κ3) is 2.00. The first-order valence-corrected chi connectivity index (χ1v) is 6.80. The average molecular weight is 253 g/mol. The molecule has 2 amide bonds. The van der Waals surface area contributed by atoms with Crippen LogP contribution in [0.5, 0.6) is 0 Å². The summed E-state index contributed by atoms with van der Waals surface area (Å²) in [6.07, 6.45) is 2.44. The van der Waals surface area contributed by atoms with E-state index in [-0.39, 0.29) is 23.1 Å². The number of nitrogens with one attached hydrogen (secondary N) is 1. The average Bonchev–Trinajstić information content (AvgIpc) is 2.98. The summed E-state index contributed by atoms with van der Waals surface area (Å²) < 4.78 is 0. The molecule has 0 aliphatic carbocycles. The highest BCUT2D eigenvalue weighted by Gasteiger charge is 2.48. The predicted octanol–water partition coefficient (Wildman–Crippen LogP) is 0.0984. The monoisotopic (exact) mass is 253 g/mol. The quantitative estimate of drug-likeness (QED) is 0.749. The smallest absolute Gasteiger partial charge is 0.240 e. The largest absolute Gasteiger partial charge is 0.368 e. The number of rotatable bonds is 3. The minimum absolute atomic E-state index is 0.115. The summed E-state index contributed by atoms with van der Waals surface area (Å²) in [5.41, 5.74) is 5.05. The van der Waals surface area contributed by atoms with E-state index in [9.17, 15) is 9.59 Å². The van der Waals surface area contributed by atoms with E-state index in [0.29, 0.717) is 19.5 Å². The number of carbonyl (C=O) groups excluding carboxylic acids is 2. The maximum Gasteiger partial charge on any atom is 0.240 e. The summed E-state index contributed by atoms with van der Waals surface area (Å²) >= 11 is 0. The van der Waals surface area contributed by atoms with E-state index in [1.807, 2.05) is 0 Å². The molecule has 5 nitrogen and oxygen atoms in total. The Hall–Kier alpha value is -1.10. The van der Waals surface area contributed by atoms with E-state index in [2.05, 4.69) is 19.2 Å². The molecule has 2 fully saturated rings. The fourth-order valence-electron chi connectivity index (χ4n) is 3.23. The van der Waals surface area contributed by atoms with E-state index in [4.69, 9.17) is 5.73 Å². The number of hydrogen-bond acceptors (Lipinski definition) is 3. The van der Waals surface area contributed by atoms with Gasteiger partial charge < -0.3 is 16.0 Å². The molecule has 2 atom stereocenters. The molecule has 5 heteroatoms. The molecule has 0 aromatic heterocycles. The van der Waals surface area contributed by atoms with Crippen LogP contribution in [-0.4, -0.2) is 42.4 Å². The number of primary amides is 1. The Labute approximate surface area is 108 Å². The van der Waals surface area contributed by atoms with E-state index in [0.717, 1.165) is 19.4 Å². The van der Waals surface area contributed by atoms with Gasteiger partial charge in [0.15, 0.2) is 0 Å². The standard InChI is InChI=1S/C13H23N3O2/c1-9(2)13(5-6-15-8-13)12(18)16-7-3-4-10(16)11(14)17/h9-10,15H,3-8H2,1-2H3,(H2,14,17). The molecule has 0 radical (unpaired) electrons. The van der Waals surface area contributed by atoms with Crippen molar-refractivity contribution in [2.45, 2.75) is 39.2 Å². The summed E-state index contributed by atoms with van der Waals surface area (Å²) in [7, 11) is 0. The molecule has 0 aromatic carbocycles. The lowest BCUT2D eigenvalue weighted by molar-refractivity contribution is -0.147. The Kier molecular flexibility index (Phi) is 3.61. The van der Waals surface area contributed by atoms with Crippen LogP contribution in [0.1, 0.15) is 33.1 Å². The van der Waals surface area contributed by atoms with Crippen molar-refractivity contribution >= 4 is 11.8 Å². The number of nitrogens with zero attached hydrogens (tertiary/aromatic N) is 1. The molecule has 0 aromatic rings. The Morgan fingerprint density at radius 3 is 2.67 bits per heavy atom. The summed E-state index contributed by atoms with van der Waals surface area (Å²) in [5.74, 6) is 0.0173. The molecular weight excluding hydrogens is 230 g/mol. The highest BCUT2D eigenvalue weighted by Crippen LogP contribution is 2.38. The number of likely N-dealkylation sites (tertiary alicyclic amines) is 1. The molecule has 2 rings (SSSR count). The first-order valence-electron chi connectivity index (χ1n) is 6.80. The van der Waals surface area contributed by atoms with E-state index < -0.39 is 6.04 Å². The summed E-state index contributed by atoms with van der Waals surface area (Å²) in [6.45, 7) is 6.42. The Morgan fingerprint density at radius 2 is 2.17 bits per heavy atom. The van der Waals surface area contributed by atoms with Gasteiger partial charge >= 0.3 is 0 Å². The zero-order valence-electron chi connectivity index (χ0n) is 11.2. The SMILES string of the molecule is CC(C)C1(C(=O)N2CCCC2C(N)=O)CCNC1. The molecule has 3 N–H and O–H groups in total. The molecule has 2 aliphatic rings. The molecular formula is C13H23N3O2. The van der Waals surface area contributed by atoms with Crippen LogP contribution in [0, 0.1) is 11.3 Å². The highest BCUT2D eigenvalue weighted by atomic mass is 16.2. The maximum absolute atomic E-state index is 12.8. The van der Waals surface area contributed by atoms with Crippen molar-refractivity contribution in [3.63, 3.8) is 0 Å². The van der Waals surface area contributed by atoms with Crippen LogP contribution in [0.15, 0.2) is 0 Å². The van der Waals surface area contributed by atoms with Crippen molar-refractivity contribution in [2.75, 3.05) is 19.6 Å². The van der Waals surface area contributed by atoms with Gasteiger partial charge in [0.2, 0.25) is 11.8 Å². The zero-order valence-corrected chi connectivity index (χ0v) is 11.2. The van der Waals surface area contributed by atoms with Gasteiger partial charge in [-0.05, 0) is 31.7 Å². The van der Waals surface area contributed by atoms with Gasteiger partial charge in [-0.1, -0.05) is 13.8 Å². The highest BCUT2D eigenvalue weighted by molar-refractivity contribution is 5.90. The molecule has 0 saturated carbocycles. The van der Waals surface area contributed by atoms with Gasteiger partial charge in [-0.25, -0.2) is 0 Å². The molecule has 102 valence electrons. The fourth-order valence-corrected chi connectivity index (χ4v) is 3.23. The maximum atomic E-state index is 12.8. The summed E-state index contributed by atoms with van der Waals surface area (Å²) in [5, 5.41) is 3.28. The van der Waals surface area contributed by atoms with Crippen molar-refractivity contribution in [1.82, 2.24) is 10.2 Å². The molecule has 2 heterocycles. The Morgan fingerprint density at radius 1 is 1.44 bits per heavy atom. The number of amides is 2. The lowest BCUT2D eigenvalue weighted by Gasteiger charge is -2.36. The molecule has 2 saturated heterocycles. The molecule has 0 bridgehead atoms. The van der Waals surface area contributed by atoms with Crippen molar-refractivity contribution in [1.29, 1.82) is 0 Å². The van der Waals surface area contributed by atoms with E-state index >= 15 is 0 Å². The van der Waals surface area contributed by atoms with Crippen LogP contribution in [0.3, 0.4) is 0 Å². The summed E-state index contributed by atoms with van der Waals surface area (Å²) in [6, 6.07) is -0.395. The number of nitrogens with two attached hydrogens (primary N) is 1. The predicted molar refractivity (Wildman–Crippen MR) is 68.7 cm³/mol. The fraction of sp³-hybridized carbons (Fsp3) is 0.846. The first-order chi connectivity index (χ1) is 8.49. The second-order valence-corrected chi connectivity index (χ2v) is 5.80. The second kappa shape index (κ2) is 4.88. The van der Waals surface area contributed by atoms with Crippen molar-refractivity contribution in [3.8, 4) is 0 Å². The van der Waals surface area contributed by atoms with Crippen LogP contribution in [-0.2, 0) is 9.59 Å². The first kappa shape index (κ1) is 13.3. The van der Waals surface area contributed by atoms with Crippen LogP contribution in [0.2, 0.25) is 0 Å². The molecule has 18 heavy (non-hydrogen) atoms. The van der Waals surface area contributed by atoms with Crippen molar-refractivity contribution in [2.24, 2.45) is 17.1 Å². The van der Waals surface area contributed by atoms with Gasteiger partial charge in [0.25, 0.3) is 0 Å². The van der Waals surface area contributed by atoms with Crippen molar-refractivity contribution in [3.05, 3.63) is 0 Å². The van der Waals surface area contributed by atoms with Gasteiger partial charge in [0.1, 0.15) is 6.04 Å². The Balaban J connectivity index is 2.21. The number of hydrogen-bond donors (Lipinski definition) is 2. The van der Waals surface area contributed by atoms with E-state index in [1.54, 1.807) is 4.90 Å². The molecule has 0 spiro atoms. The third-order valence-corrected chi connectivity index (χ3v) is 4.56. The zero-order chi connectivity index (χ0) is 13.3. The third-order valence-electron chi connectivity index (χ3n) is 4.56. The lowest BCUT2D eigenvalue weighted by atomic mass is 9.75. The van der Waals surface area contributed by atoms with Gasteiger partial charge in [-0.3, -0.25) is 9.59 Å². The number of carbonyl (C=O) groups is 2. The van der Waals surface area contributed by atoms with Crippen LogP contribution >= 0.6 is 0 Å². The minimum atomic E-state index is -0.395. The van der Waals surface area contributed by atoms with E-state index in [1.165, 1.54) is 0 Å². The topological polar surface area (TPSA) is 75.4 Å². The molecule has 2 aliphatic heterocycles. The second-order valence-electron chi connectivity index (χ2n) is 5.80. The lowest BCUT2D eigenvalue weighted by Crippen LogP contribution is -2.52. The minimum Gasteiger partial charge on any atom is -0.368 e. The van der Waals surface area contributed by atoms with Crippen LogP contribution in [0.25, 0.3) is 0 Å². The van der Waals surface area contributed by atoms with Gasteiger partial charge in [0.05, 0.1) is 5.41 Å². The van der Waals surface area contributed by atoms with Gasteiger partial charge in [-0.15, -0.1) is 0 Å². The Bertz CT molecular complexity index is 348. The van der Waals surface area contributed by atoms with Gasteiger partial charge in [-0.2, -0.15) is 0 Å².